The van der Waals surface area contributed by atoms with Gasteiger partial charge in [0, 0.05) is 38.8 Å². The maximum Gasteiger partial charge on any atom is 0.194 e. The molecule has 1 atom stereocenters. The minimum absolute atomic E-state index is 0. The van der Waals surface area contributed by atoms with E-state index in [0.29, 0.717) is 18.7 Å². The van der Waals surface area contributed by atoms with E-state index in [-0.39, 0.29) is 42.5 Å². The number of hydrogen-bond donors (Lipinski definition) is 1. The van der Waals surface area contributed by atoms with E-state index in [9.17, 15) is 4.39 Å². The molecule has 0 fully saturated rings. The molecule has 29 heavy (non-hydrogen) atoms. The second-order valence-electron chi connectivity index (χ2n) is 6.44. The summed E-state index contributed by atoms with van der Waals surface area (Å²) < 4.78 is 24.2. The minimum Gasteiger partial charge on any atom is -0.380 e. The van der Waals surface area contributed by atoms with E-state index in [1.54, 1.807) is 37.7 Å². The van der Waals surface area contributed by atoms with Crippen LogP contribution in [0.3, 0.4) is 0 Å². The highest BCUT2D eigenvalue weighted by molar-refractivity contribution is 14.0. The van der Waals surface area contributed by atoms with Gasteiger partial charge in [0.25, 0.3) is 0 Å². The van der Waals surface area contributed by atoms with E-state index < -0.39 is 0 Å². The molecule has 0 saturated carbocycles. The number of ether oxygens (including phenoxy) is 2. The van der Waals surface area contributed by atoms with Crippen molar-refractivity contribution in [3.05, 3.63) is 51.2 Å². The molecule has 1 aromatic carbocycles. The number of nitrogens with zero attached hydrogens (tertiary/aromatic N) is 3. The van der Waals surface area contributed by atoms with E-state index in [2.05, 4.69) is 15.3 Å². The van der Waals surface area contributed by atoms with Gasteiger partial charge in [0.2, 0.25) is 0 Å². The summed E-state index contributed by atoms with van der Waals surface area (Å²) in [5, 5.41) is 6.30. The van der Waals surface area contributed by atoms with E-state index in [0.717, 1.165) is 28.8 Å². The van der Waals surface area contributed by atoms with E-state index >= 15 is 0 Å². The van der Waals surface area contributed by atoms with Gasteiger partial charge in [-0.2, -0.15) is 0 Å². The zero-order valence-corrected chi connectivity index (χ0v) is 20.7. The summed E-state index contributed by atoms with van der Waals surface area (Å²) in [7, 11) is 5.21. The van der Waals surface area contributed by atoms with Gasteiger partial charge in [0.1, 0.15) is 16.9 Å². The van der Waals surface area contributed by atoms with Gasteiger partial charge in [-0.3, -0.25) is 0 Å². The molecule has 0 radical (unpaired) electrons. The topological polar surface area (TPSA) is 59.0 Å². The Morgan fingerprint density at radius 1 is 1.38 bits per heavy atom. The SMILES string of the molecule is CCNC(=NCc1ccc(F)c(COC)c1)N(C)Cc1csc(C(C)OC)n1.I. The molecule has 2 aromatic rings. The van der Waals surface area contributed by atoms with Crippen molar-refractivity contribution in [3.63, 3.8) is 0 Å². The Morgan fingerprint density at radius 2 is 2.14 bits per heavy atom. The van der Waals surface area contributed by atoms with E-state index in [1.165, 1.54) is 6.07 Å². The normalized spacial score (nSPS) is 12.4. The molecule has 9 heteroatoms. The number of hydrogen-bond acceptors (Lipinski definition) is 5. The van der Waals surface area contributed by atoms with Crippen LogP contribution in [0.2, 0.25) is 0 Å². The average Bonchev–Trinajstić information content (AvgIpc) is 3.15. The minimum atomic E-state index is -0.261. The van der Waals surface area contributed by atoms with Gasteiger partial charge in [-0.1, -0.05) is 6.07 Å². The Balaban J connectivity index is 0.00000420. The Kier molecular flexibility index (Phi) is 11.6. The summed E-state index contributed by atoms with van der Waals surface area (Å²) in [4.78, 5) is 11.4. The molecule has 0 amide bonds. The summed E-state index contributed by atoms with van der Waals surface area (Å²) in [5.41, 5.74) is 2.44. The van der Waals surface area contributed by atoms with Crippen LogP contribution in [0.5, 0.6) is 0 Å². The fourth-order valence-electron chi connectivity index (χ4n) is 2.63. The predicted molar refractivity (Wildman–Crippen MR) is 126 cm³/mol. The highest BCUT2D eigenvalue weighted by Crippen LogP contribution is 2.21. The third-order valence-electron chi connectivity index (χ3n) is 4.19. The predicted octanol–water partition coefficient (Wildman–Crippen LogP) is 4.35. The van der Waals surface area contributed by atoms with Gasteiger partial charge < -0.3 is 19.7 Å². The maximum absolute atomic E-state index is 13.8. The number of thiazole rings is 1. The first kappa shape index (κ1) is 25.7. The van der Waals surface area contributed by atoms with Gasteiger partial charge in [-0.25, -0.2) is 14.4 Å². The summed E-state index contributed by atoms with van der Waals surface area (Å²) in [6, 6.07) is 5.01. The van der Waals surface area contributed by atoms with E-state index in [4.69, 9.17) is 9.47 Å². The van der Waals surface area contributed by atoms with Crippen LogP contribution >= 0.6 is 35.3 Å². The molecule has 1 unspecified atom stereocenters. The lowest BCUT2D eigenvalue weighted by molar-refractivity contribution is 0.119. The number of nitrogens with one attached hydrogen (secondary N) is 1. The first-order chi connectivity index (χ1) is 13.5. The first-order valence-electron chi connectivity index (χ1n) is 9.21. The smallest absolute Gasteiger partial charge is 0.194 e. The maximum atomic E-state index is 13.8. The summed E-state index contributed by atoms with van der Waals surface area (Å²) in [6.45, 7) is 6.10. The average molecular weight is 536 g/mol. The lowest BCUT2D eigenvalue weighted by Gasteiger charge is -2.21. The fraction of sp³-hybridized carbons (Fsp3) is 0.500. The number of aromatic nitrogens is 1. The third kappa shape index (κ3) is 7.80. The van der Waals surface area contributed by atoms with E-state index in [1.807, 2.05) is 31.2 Å². The molecule has 0 saturated heterocycles. The van der Waals surface area contributed by atoms with Crippen LogP contribution in [0.4, 0.5) is 4.39 Å². The Bertz CT molecular complexity index is 788. The van der Waals surface area contributed by atoms with Crippen LogP contribution in [0, 0.1) is 5.82 Å². The molecular weight excluding hydrogens is 506 g/mol. The van der Waals surface area contributed by atoms with Gasteiger partial charge in [0.15, 0.2) is 5.96 Å². The van der Waals surface area contributed by atoms with Crippen molar-refractivity contribution in [1.82, 2.24) is 15.2 Å². The van der Waals surface area contributed by atoms with Crippen molar-refractivity contribution in [2.45, 2.75) is 39.6 Å². The van der Waals surface area contributed by atoms with Crippen molar-refractivity contribution in [3.8, 4) is 0 Å². The number of benzene rings is 1. The molecule has 0 spiro atoms. The quantitative estimate of drug-likeness (QED) is 0.294. The molecule has 1 aromatic heterocycles. The Morgan fingerprint density at radius 3 is 2.79 bits per heavy atom. The van der Waals surface area contributed by atoms with Crippen LogP contribution in [0.1, 0.15) is 41.8 Å². The molecule has 1 N–H and O–H groups in total. The van der Waals surface area contributed by atoms with Crippen molar-refractivity contribution >= 4 is 41.3 Å². The fourth-order valence-corrected chi connectivity index (χ4v) is 3.47. The van der Waals surface area contributed by atoms with Crippen LogP contribution in [-0.2, 0) is 29.2 Å². The molecule has 0 aliphatic carbocycles. The molecule has 6 nitrogen and oxygen atoms in total. The molecule has 0 aliphatic rings. The number of halogens is 2. The largest absolute Gasteiger partial charge is 0.380 e. The lowest BCUT2D eigenvalue weighted by atomic mass is 10.1. The van der Waals surface area contributed by atoms with Crippen LogP contribution in [0.15, 0.2) is 28.6 Å². The molecule has 1 heterocycles. The molecule has 162 valence electrons. The van der Waals surface area contributed by atoms with Crippen LogP contribution in [0.25, 0.3) is 0 Å². The van der Waals surface area contributed by atoms with Crippen molar-refractivity contribution in [2.75, 3.05) is 27.8 Å². The molecule has 0 aliphatic heterocycles. The summed E-state index contributed by atoms with van der Waals surface area (Å²) in [5.74, 6) is 0.512. The van der Waals surface area contributed by atoms with Crippen LogP contribution < -0.4 is 5.32 Å². The zero-order chi connectivity index (χ0) is 20.5. The summed E-state index contributed by atoms with van der Waals surface area (Å²) >= 11 is 1.60. The van der Waals surface area contributed by atoms with Gasteiger partial charge in [-0.15, -0.1) is 35.3 Å². The second-order valence-corrected chi connectivity index (χ2v) is 7.33. The highest BCUT2D eigenvalue weighted by atomic mass is 127. The number of methoxy groups -OCH3 is 2. The Labute approximate surface area is 193 Å². The monoisotopic (exact) mass is 536 g/mol. The number of rotatable bonds is 9. The van der Waals surface area contributed by atoms with Crippen molar-refractivity contribution < 1.29 is 13.9 Å². The van der Waals surface area contributed by atoms with Gasteiger partial charge >= 0.3 is 0 Å². The highest BCUT2D eigenvalue weighted by Gasteiger charge is 2.13. The van der Waals surface area contributed by atoms with Gasteiger partial charge in [-0.05, 0) is 31.5 Å². The zero-order valence-electron chi connectivity index (χ0n) is 17.6. The lowest BCUT2D eigenvalue weighted by Crippen LogP contribution is -2.38. The second kappa shape index (κ2) is 13.1. The first-order valence-corrected chi connectivity index (χ1v) is 10.1. The third-order valence-corrected chi connectivity index (χ3v) is 5.24. The molecule has 2 rings (SSSR count). The molecule has 0 bridgehead atoms. The van der Waals surface area contributed by atoms with Gasteiger partial charge in [0.05, 0.1) is 25.4 Å². The number of aliphatic imine (C=N–C) groups is 1. The Hall–Kier alpha value is -1.30. The summed E-state index contributed by atoms with van der Waals surface area (Å²) in [6.07, 6.45) is -0.00858. The molecular formula is C20H30FIN4O2S. The van der Waals surface area contributed by atoms with Crippen molar-refractivity contribution in [2.24, 2.45) is 4.99 Å². The standard InChI is InChI=1S/C20H29FN4O2S.HI/c1-6-22-20(23-10-15-7-8-18(21)16(9-15)12-26-4)25(3)11-17-13-28-19(24-17)14(2)27-5;/h7-9,13-14H,6,10-12H2,1-5H3,(H,22,23);1H. The number of guanidine groups is 1. The van der Waals surface area contributed by atoms with Crippen molar-refractivity contribution in [1.29, 1.82) is 0 Å². The van der Waals surface area contributed by atoms with Crippen LogP contribution in [-0.4, -0.2) is 43.7 Å².